The number of fused-ring (bicyclic) bond motifs is 1. The molecule has 0 radical (unpaired) electrons. The highest BCUT2D eigenvalue weighted by Crippen LogP contribution is 2.19. The van der Waals surface area contributed by atoms with Crippen LogP contribution in [-0.4, -0.2) is 18.1 Å². The zero-order valence-corrected chi connectivity index (χ0v) is 9.03. The Morgan fingerprint density at radius 1 is 1.25 bits per heavy atom. The highest BCUT2D eigenvalue weighted by molar-refractivity contribution is 6.04. The summed E-state index contributed by atoms with van der Waals surface area (Å²) < 4.78 is 4.68. The van der Waals surface area contributed by atoms with Gasteiger partial charge in [-0.05, 0) is 24.6 Å². The predicted molar refractivity (Wildman–Crippen MR) is 60.6 cm³/mol. The van der Waals surface area contributed by atoms with Gasteiger partial charge in [0.05, 0.1) is 18.2 Å². The average Bonchev–Trinajstić information content (AvgIpc) is 2.29. The first-order chi connectivity index (χ1) is 7.63. The lowest BCUT2D eigenvalue weighted by Crippen LogP contribution is -2.07. The van der Waals surface area contributed by atoms with Crippen LogP contribution in [0.5, 0.6) is 0 Å². The topological polar surface area (TPSA) is 59.2 Å². The molecule has 4 heteroatoms. The molecule has 1 heterocycles. The number of ether oxygens (including phenoxy) is 1. The fourth-order valence-electron chi connectivity index (χ4n) is 1.68. The Morgan fingerprint density at radius 2 is 2.00 bits per heavy atom. The van der Waals surface area contributed by atoms with Gasteiger partial charge in [0.2, 0.25) is 5.56 Å². The molecule has 0 aliphatic heterocycles. The van der Waals surface area contributed by atoms with Gasteiger partial charge in [0.25, 0.3) is 0 Å². The summed E-state index contributed by atoms with van der Waals surface area (Å²) in [5.74, 6) is -0.406. The van der Waals surface area contributed by atoms with Crippen molar-refractivity contribution in [3.63, 3.8) is 0 Å². The molecule has 0 saturated heterocycles. The molecule has 82 valence electrons. The van der Waals surface area contributed by atoms with Crippen molar-refractivity contribution in [2.45, 2.75) is 6.92 Å². The monoisotopic (exact) mass is 217 g/mol. The number of benzene rings is 1. The van der Waals surface area contributed by atoms with Crippen LogP contribution >= 0.6 is 0 Å². The van der Waals surface area contributed by atoms with Crippen molar-refractivity contribution in [2.75, 3.05) is 7.11 Å². The fraction of sp³-hybridized carbons (Fsp3) is 0.167. The summed E-state index contributed by atoms with van der Waals surface area (Å²) in [6.45, 7) is 1.87. The van der Waals surface area contributed by atoms with E-state index < -0.39 is 5.97 Å². The van der Waals surface area contributed by atoms with E-state index in [4.69, 9.17) is 0 Å². The number of carbonyl (C=O) groups excluding carboxylic acids is 1. The largest absolute Gasteiger partial charge is 0.465 e. The van der Waals surface area contributed by atoms with Crippen molar-refractivity contribution in [3.05, 3.63) is 45.7 Å². The Morgan fingerprint density at radius 3 is 2.69 bits per heavy atom. The molecule has 16 heavy (non-hydrogen) atoms. The van der Waals surface area contributed by atoms with Crippen molar-refractivity contribution >= 4 is 16.9 Å². The minimum atomic E-state index is -0.406. The minimum absolute atomic E-state index is 0.183. The molecule has 0 spiro atoms. The molecule has 1 aromatic carbocycles. The molecule has 2 rings (SSSR count). The Labute approximate surface area is 91.9 Å². The Bertz CT molecular complexity index is 613. The average molecular weight is 217 g/mol. The summed E-state index contributed by atoms with van der Waals surface area (Å²) in [5, 5.41) is 0.700. The summed E-state index contributed by atoms with van der Waals surface area (Å²) >= 11 is 0. The maximum absolute atomic E-state index is 11.5. The normalized spacial score (nSPS) is 10.4. The number of hydrogen-bond donors (Lipinski definition) is 1. The third-order valence-electron chi connectivity index (χ3n) is 2.51. The summed E-state index contributed by atoms with van der Waals surface area (Å²) in [6, 6.07) is 6.51. The van der Waals surface area contributed by atoms with E-state index in [0.29, 0.717) is 16.5 Å². The van der Waals surface area contributed by atoms with Crippen LogP contribution in [0.2, 0.25) is 0 Å². The third kappa shape index (κ3) is 1.58. The van der Waals surface area contributed by atoms with Gasteiger partial charge in [-0.25, -0.2) is 4.79 Å². The van der Waals surface area contributed by atoms with Gasteiger partial charge in [0, 0.05) is 11.5 Å². The van der Waals surface area contributed by atoms with Crippen molar-refractivity contribution in [1.82, 2.24) is 4.98 Å². The second kappa shape index (κ2) is 3.81. The first kappa shape index (κ1) is 10.4. The molecule has 0 atom stereocenters. The Balaban J connectivity index is 2.84. The smallest absolute Gasteiger partial charge is 0.338 e. The maximum Gasteiger partial charge on any atom is 0.338 e. The number of aryl methyl sites for hydroxylation is 1. The van der Waals surface area contributed by atoms with Crippen LogP contribution in [-0.2, 0) is 4.74 Å². The highest BCUT2D eigenvalue weighted by Gasteiger charge is 2.11. The van der Waals surface area contributed by atoms with Crippen LogP contribution < -0.4 is 5.56 Å². The Kier molecular flexibility index (Phi) is 2.48. The van der Waals surface area contributed by atoms with E-state index in [1.54, 1.807) is 18.2 Å². The molecule has 4 nitrogen and oxygen atoms in total. The van der Waals surface area contributed by atoms with Crippen molar-refractivity contribution in [3.8, 4) is 0 Å². The van der Waals surface area contributed by atoms with Crippen LogP contribution in [0.1, 0.15) is 15.9 Å². The fourth-order valence-corrected chi connectivity index (χ4v) is 1.68. The van der Waals surface area contributed by atoms with E-state index in [-0.39, 0.29) is 5.56 Å². The molecule has 0 bridgehead atoms. The minimum Gasteiger partial charge on any atom is -0.465 e. The van der Waals surface area contributed by atoms with Gasteiger partial charge in [0.1, 0.15) is 0 Å². The van der Waals surface area contributed by atoms with Crippen LogP contribution in [0, 0.1) is 6.92 Å². The number of esters is 1. The van der Waals surface area contributed by atoms with E-state index >= 15 is 0 Å². The second-order valence-corrected chi connectivity index (χ2v) is 3.53. The number of carbonyl (C=O) groups is 1. The van der Waals surface area contributed by atoms with Crippen molar-refractivity contribution in [2.24, 2.45) is 0 Å². The quantitative estimate of drug-likeness (QED) is 0.738. The lowest BCUT2D eigenvalue weighted by Gasteiger charge is -2.06. The number of hydrogen-bond acceptors (Lipinski definition) is 3. The van der Waals surface area contributed by atoms with E-state index in [1.807, 2.05) is 6.92 Å². The molecule has 1 N–H and O–H groups in total. The van der Waals surface area contributed by atoms with E-state index in [9.17, 15) is 9.59 Å². The van der Waals surface area contributed by atoms with Gasteiger partial charge in [0.15, 0.2) is 0 Å². The molecule has 0 saturated carbocycles. The molecule has 0 aliphatic rings. The summed E-state index contributed by atoms with van der Waals surface area (Å²) in [4.78, 5) is 25.4. The zero-order chi connectivity index (χ0) is 11.7. The molecule has 0 fully saturated rings. The third-order valence-corrected chi connectivity index (χ3v) is 2.51. The first-order valence-corrected chi connectivity index (χ1v) is 4.84. The van der Waals surface area contributed by atoms with E-state index in [1.165, 1.54) is 13.2 Å². The first-order valence-electron chi connectivity index (χ1n) is 4.84. The van der Waals surface area contributed by atoms with Gasteiger partial charge in [-0.15, -0.1) is 0 Å². The number of pyridine rings is 1. The number of nitrogens with one attached hydrogen (secondary N) is 1. The van der Waals surface area contributed by atoms with Crippen LogP contribution in [0.3, 0.4) is 0 Å². The Hall–Kier alpha value is -2.10. The lowest BCUT2D eigenvalue weighted by molar-refractivity contribution is 0.0603. The van der Waals surface area contributed by atoms with E-state index in [0.717, 1.165) is 5.56 Å². The van der Waals surface area contributed by atoms with Gasteiger partial charge >= 0.3 is 5.97 Å². The summed E-state index contributed by atoms with van der Waals surface area (Å²) in [5.41, 5.74) is 1.87. The van der Waals surface area contributed by atoms with Crippen LogP contribution in [0.25, 0.3) is 10.9 Å². The second-order valence-electron chi connectivity index (χ2n) is 3.53. The van der Waals surface area contributed by atoms with Crippen molar-refractivity contribution < 1.29 is 9.53 Å². The SMILES string of the molecule is COC(=O)c1ccc(C)c2[nH]c(=O)ccc12. The summed E-state index contributed by atoms with van der Waals surface area (Å²) in [7, 11) is 1.33. The summed E-state index contributed by atoms with van der Waals surface area (Å²) in [6.07, 6.45) is 0. The molecule has 0 aliphatic carbocycles. The standard InChI is InChI=1S/C12H11NO3/c1-7-3-4-9(12(15)16-2)8-5-6-10(14)13-11(7)8/h3-6H,1-2H3,(H,13,14). The van der Waals surface area contributed by atoms with Gasteiger partial charge < -0.3 is 9.72 Å². The van der Waals surface area contributed by atoms with Gasteiger partial charge in [-0.3, -0.25) is 4.79 Å². The van der Waals surface area contributed by atoms with E-state index in [2.05, 4.69) is 9.72 Å². The predicted octanol–water partition coefficient (Wildman–Crippen LogP) is 1.62. The van der Waals surface area contributed by atoms with Gasteiger partial charge in [-0.2, -0.15) is 0 Å². The number of H-pyrrole nitrogens is 1. The number of aromatic nitrogens is 1. The number of methoxy groups -OCH3 is 1. The molecule has 0 amide bonds. The van der Waals surface area contributed by atoms with Gasteiger partial charge in [-0.1, -0.05) is 6.07 Å². The molecule has 1 aromatic heterocycles. The molecule has 2 aromatic rings. The zero-order valence-electron chi connectivity index (χ0n) is 9.03. The molecular formula is C12H11NO3. The lowest BCUT2D eigenvalue weighted by atomic mass is 10.0. The molecule has 0 unspecified atom stereocenters. The number of aromatic amines is 1. The van der Waals surface area contributed by atoms with Crippen LogP contribution in [0.15, 0.2) is 29.1 Å². The maximum atomic E-state index is 11.5. The number of rotatable bonds is 1. The van der Waals surface area contributed by atoms with Crippen molar-refractivity contribution in [1.29, 1.82) is 0 Å². The molecular weight excluding hydrogens is 206 g/mol. The highest BCUT2D eigenvalue weighted by atomic mass is 16.5. The van der Waals surface area contributed by atoms with Crippen LogP contribution in [0.4, 0.5) is 0 Å².